The van der Waals surface area contributed by atoms with Gasteiger partial charge < -0.3 is 0 Å². The maximum absolute atomic E-state index is 11.8. The molecule has 0 saturated carbocycles. The van der Waals surface area contributed by atoms with E-state index >= 15 is 0 Å². The third-order valence-electron chi connectivity index (χ3n) is 1.24. The third kappa shape index (κ3) is 5.83. The van der Waals surface area contributed by atoms with Gasteiger partial charge in [-0.1, -0.05) is 0 Å². The standard InChI is InChI=1S/2C3H5O.C3H5.O.Ti/c2*1-2-3-4;1-3-2;;/h2*2H,1,3H2;3H,1-2H2;;/q2*-1;;;+2. The molecule has 0 spiro atoms. The number of hydrogen-bond acceptors (Lipinski definition) is 3. The van der Waals surface area contributed by atoms with Crippen LogP contribution in [0.4, 0.5) is 0 Å². The average molecular weight is 219 g/mol. The predicted octanol–water partition coefficient (Wildman–Crippen LogP) is 2.33. The molecule has 0 atom stereocenters. The van der Waals surface area contributed by atoms with Crippen LogP contribution in [-0.4, -0.2) is 13.2 Å². The molecule has 0 aliphatic carbocycles. The van der Waals surface area contributed by atoms with Crippen LogP contribution < -0.4 is 0 Å². The van der Waals surface area contributed by atoms with Gasteiger partial charge in [0.05, 0.1) is 0 Å². The second-order valence-electron chi connectivity index (χ2n) is 2.38. The van der Waals surface area contributed by atoms with E-state index in [4.69, 9.17) is 6.64 Å². The van der Waals surface area contributed by atoms with Crippen molar-refractivity contribution in [2.45, 2.75) is 4.73 Å². The summed E-state index contributed by atoms with van der Waals surface area (Å²) in [6, 6.07) is 0. The first kappa shape index (κ1) is 12.7. The van der Waals surface area contributed by atoms with E-state index in [-0.39, 0.29) is 17.9 Å². The van der Waals surface area contributed by atoms with Crippen LogP contribution in [0.1, 0.15) is 0 Å². The Balaban J connectivity index is 4.14. The fourth-order valence-corrected chi connectivity index (χ4v) is 2.92. The summed E-state index contributed by atoms with van der Waals surface area (Å²) in [5.41, 5.74) is 0. The topological polar surface area (TPSA) is 35.5 Å². The molecule has 0 rings (SSSR count). The Bertz CT molecular complexity index is 207. The van der Waals surface area contributed by atoms with Gasteiger partial charge in [0.2, 0.25) is 0 Å². The van der Waals surface area contributed by atoms with Gasteiger partial charge in [0, 0.05) is 0 Å². The summed E-state index contributed by atoms with van der Waals surface area (Å²) in [6.07, 6.45) is 4.62. The van der Waals surface area contributed by atoms with E-state index in [9.17, 15) is 3.32 Å². The number of rotatable bonds is 8. The Kier molecular flexibility index (Phi) is 6.91. The molecule has 3 nitrogen and oxygen atoms in total. The zero-order valence-electron chi connectivity index (χ0n) is 7.70. The van der Waals surface area contributed by atoms with Crippen molar-refractivity contribution in [2.75, 3.05) is 13.2 Å². The van der Waals surface area contributed by atoms with E-state index in [0.717, 1.165) is 0 Å². The molecule has 0 heterocycles. The van der Waals surface area contributed by atoms with Crippen molar-refractivity contribution in [3.05, 3.63) is 38.0 Å². The van der Waals surface area contributed by atoms with Gasteiger partial charge in [0.15, 0.2) is 0 Å². The van der Waals surface area contributed by atoms with E-state index in [0.29, 0.717) is 0 Å². The minimum absolute atomic E-state index is 0.245. The monoisotopic (exact) mass is 219 g/mol. The average Bonchev–Trinajstić information content (AvgIpc) is 2.12. The molecule has 0 aliphatic heterocycles. The van der Waals surface area contributed by atoms with E-state index in [1.807, 2.05) is 0 Å². The van der Waals surface area contributed by atoms with Crippen molar-refractivity contribution < 1.29 is 27.3 Å². The molecule has 0 aromatic carbocycles. The summed E-state index contributed by atoms with van der Waals surface area (Å²) in [5.74, 6) is 0. The van der Waals surface area contributed by atoms with Crippen molar-refractivity contribution in [1.29, 1.82) is 0 Å². The van der Waals surface area contributed by atoms with Gasteiger partial charge in [-0.05, 0) is 0 Å². The van der Waals surface area contributed by atoms with Gasteiger partial charge in [-0.3, -0.25) is 0 Å². The summed E-state index contributed by atoms with van der Waals surface area (Å²) in [5, 5.41) is 0. The molecular formula is C9H15O3Ti. The molecule has 0 unspecified atom stereocenters. The molecule has 0 bridgehead atoms. The Morgan fingerprint density at radius 2 is 1.46 bits per heavy atom. The van der Waals surface area contributed by atoms with Gasteiger partial charge >= 0.3 is 83.2 Å². The Labute approximate surface area is 83.4 Å². The van der Waals surface area contributed by atoms with Crippen molar-refractivity contribution in [3.63, 3.8) is 0 Å². The van der Waals surface area contributed by atoms with Crippen molar-refractivity contribution in [2.24, 2.45) is 0 Å². The fourth-order valence-electron chi connectivity index (χ4n) is 0.708. The fraction of sp³-hybridized carbons (Fsp3) is 0.333. The molecule has 0 N–H and O–H groups in total. The van der Waals surface area contributed by atoms with Crippen LogP contribution in [0, 0.1) is 0 Å². The van der Waals surface area contributed by atoms with Crippen LogP contribution in [-0.2, 0) is 27.3 Å². The number of allylic oxidation sites excluding steroid dienone is 1. The van der Waals surface area contributed by atoms with Gasteiger partial charge in [-0.15, -0.1) is 0 Å². The molecule has 0 fully saturated rings. The Morgan fingerprint density at radius 3 is 1.77 bits per heavy atom. The predicted molar refractivity (Wildman–Crippen MR) is 48.0 cm³/mol. The van der Waals surface area contributed by atoms with E-state index in [1.165, 1.54) is 12.2 Å². The van der Waals surface area contributed by atoms with Crippen molar-refractivity contribution >= 4 is 0 Å². The maximum atomic E-state index is 11.8. The molecule has 73 valence electrons. The molecule has 0 aliphatic rings. The van der Waals surface area contributed by atoms with Crippen LogP contribution in [0.2, 0.25) is 4.73 Å². The Hall–Kier alpha value is -0.346. The van der Waals surface area contributed by atoms with Gasteiger partial charge in [-0.25, -0.2) is 0 Å². The van der Waals surface area contributed by atoms with Crippen LogP contribution >= 0.6 is 0 Å². The van der Waals surface area contributed by atoms with Crippen molar-refractivity contribution in [3.8, 4) is 0 Å². The van der Waals surface area contributed by atoms with Gasteiger partial charge in [0.1, 0.15) is 0 Å². The van der Waals surface area contributed by atoms with Gasteiger partial charge in [-0.2, -0.15) is 0 Å². The molecule has 0 saturated heterocycles. The summed E-state index contributed by atoms with van der Waals surface area (Å²) in [6.45, 7) is 10.9. The van der Waals surface area contributed by atoms with E-state index in [1.54, 1.807) is 6.08 Å². The summed E-state index contributed by atoms with van der Waals surface area (Å²) >= 11 is -3.81. The summed E-state index contributed by atoms with van der Waals surface area (Å²) in [4.78, 5) is 0. The first-order chi connectivity index (χ1) is 6.18. The normalized spacial score (nSPS) is 10.8. The first-order valence-corrected chi connectivity index (χ1v) is 7.01. The zero-order valence-corrected chi connectivity index (χ0v) is 9.26. The van der Waals surface area contributed by atoms with Crippen molar-refractivity contribution in [1.82, 2.24) is 0 Å². The summed E-state index contributed by atoms with van der Waals surface area (Å²) < 4.78 is 22.3. The zero-order chi connectivity index (χ0) is 10.2. The van der Waals surface area contributed by atoms with Gasteiger partial charge in [0.25, 0.3) is 0 Å². The van der Waals surface area contributed by atoms with Crippen LogP contribution in [0.25, 0.3) is 0 Å². The molecule has 4 heteroatoms. The SMILES string of the molecule is C=CC[O][Ti](=[O])([CH2]C=C)[O]CC=C. The summed E-state index contributed by atoms with van der Waals surface area (Å²) in [7, 11) is 0. The second-order valence-corrected chi connectivity index (χ2v) is 6.05. The van der Waals surface area contributed by atoms with E-state index < -0.39 is 17.3 Å². The molecular weight excluding hydrogens is 204 g/mol. The molecule has 0 aromatic rings. The van der Waals surface area contributed by atoms with Crippen LogP contribution in [0.15, 0.2) is 38.0 Å². The van der Waals surface area contributed by atoms with Crippen LogP contribution in [0.3, 0.4) is 0 Å². The van der Waals surface area contributed by atoms with Crippen LogP contribution in [0.5, 0.6) is 0 Å². The second kappa shape index (κ2) is 7.10. The quantitative estimate of drug-likeness (QED) is 0.464. The molecule has 0 aromatic heterocycles. The molecule has 0 radical (unpaired) electrons. The first-order valence-electron chi connectivity index (χ1n) is 3.99. The number of hydrogen-bond donors (Lipinski definition) is 0. The third-order valence-corrected chi connectivity index (χ3v) is 4.36. The molecule has 0 amide bonds. The van der Waals surface area contributed by atoms with E-state index in [2.05, 4.69) is 19.7 Å². The Morgan fingerprint density at radius 1 is 1.00 bits per heavy atom. The minimum atomic E-state index is -3.81. The molecule has 13 heavy (non-hydrogen) atoms.